The van der Waals surface area contributed by atoms with Gasteiger partial charge in [0.1, 0.15) is 21.8 Å². The Kier molecular flexibility index (Phi) is 10.6. The van der Waals surface area contributed by atoms with E-state index >= 15 is 0 Å². The molecule has 0 unspecified atom stereocenters. The van der Waals surface area contributed by atoms with Gasteiger partial charge in [-0.15, -0.1) is 0 Å². The zero-order chi connectivity index (χ0) is 28.6. The number of aromatic nitrogens is 1. The van der Waals surface area contributed by atoms with Crippen molar-refractivity contribution in [2.45, 2.75) is 58.9 Å². The lowest BCUT2D eigenvalue weighted by Crippen LogP contribution is -2.48. The van der Waals surface area contributed by atoms with Crippen LogP contribution in [0.2, 0.25) is 0 Å². The van der Waals surface area contributed by atoms with Crippen molar-refractivity contribution in [2.24, 2.45) is 7.05 Å². The van der Waals surface area contributed by atoms with Crippen molar-refractivity contribution in [1.29, 1.82) is 5.26 Å². The lowest BCUT2D eigenvalue weighted by atomic mass is 10.0. The monoisotopic (exact) mass is 577 g/mol. The second-order valence-electron chi connectivity index (χ2n) is 10.6. The number of benzene rings is 1. The van der Waals surface area contributed by atoms with Crippen LogP contribution in [-0.2, 0) is 18.4 Å². The molecule has 3 heterocycles. The zero-order valence-corrected chi connectivity index (χ0v) is 25.5. The standard InChI is InChI=1S/C31H39N5O2S2/c1-4-5-6-7-8-12-15-36-30(38)27(40-31(36)39)20-25-23(2)26(21-32)29(37)33(3)28(25)35-18-16-34(17-19-35)22-24-13-10-9-11-14-24/h9-11,13-14,20H,4-8,12,15-19,22H2,1-3H3. The average molecular weight is 578 g/mol. The van der Waals surface area contributed by atoms with Gasteiger partial charge < -0.3 is 4.90 Å². The maximum atomic E-state index is 13.4. The van der Waals surface area contributed by atoms with E-state index in [4.69, 9.17) is 12.2 Å². The minimum atomic E-state index is -0.311. The molecular formula is C31H39N5O2S2. The first-order valence-electron chi connectivity index (χ1n) is 14.3. The van der Waals surface area contributed by atoms with E-state index in [1.165, 1.54) is 43.0 Å². The minimum absolute atomic E-state index is 0.0889. The molecule has 9 heteroatoms. The Bertz CT molecular complexity index is 1350. The summed E-state index contributed by atoms with van der Waals surface area (Å²) in [6.45, 7) is 8.70. The van der Waals surface area contributed by atoms with Gasteiger partial charge >= 0.3 is 0 Å². The van der Waals surface area contributed by atoms with Gasteiger partial charge in [0.15, 0.2) is 0 Å². The second-order valence-corrected chi connectivity index (χ2v) is 12.2. The Morgan fingerprint density at radius 2 is 1.70 bits per heavy atom. The van der Waals surface area contributed by atoms with Crippen molar-refractivity contribution in [2.75, 3.05) is 37.6 Å². The first-order chi connectivity index (χ1) is 19.3. The van der Waals surface area contributed by atoms with E-state index in [1.807, 2.05) is 12.1 Å². The summed E-state index contributed by atoms with van der Waals surface area (Å²) in [7, 11) is 1.72. The number of anilines is 1. The summed E-state index contributed by atoms with van der Waals surface area (Å²) in [5, 5.41) is 9.79. The van der Waals surface area contributed by atoms with Crippen LogP contribution in [0.25, 0.3) is 6.08 Å². The fourth-order valence-electron chi connectivity index (χ4n) is 5.43. The summed E-state index contributed by atoms with van der Waals surface area (Å²) in [5.41, 5.74) is 2.43. The molecule has 1 aromatic carbocycles. The largest absolute Gasteiger partial charge is 0.355 e. The number of rotatable bonds is 11. The molecule has 40 heavy (non-hydrogen) atoms. The number of thioether (sulfide) groups is 1. The molecule has 0 atom stereocenters. The van der Waals surface area contributed by atoms with Gasteiger partial charge in [0.25, 0.3) is 11.5 Å². The van der Waals surface area contributed by atoms with Gasteiger partial charge in [-0.2, -0.15) is 5.26 Å². The fourth-order valence-corrected chi connectivity index (χ4v) is 6.72. The van der Waals surface area contributed by atoms with Gasteiger partial charge in [0.2, 0.25) is 0 Å². The molecule has 2 fully saturated rings. The zero-order valence-electron chi connectivity index (χ0n) is 23.8. The predicted octanol–water partition coefficient (Wildman–Crippen LogP) is 5.45. The Labute approximate surface area is 247 Å². The third-order valence-electron chi connectivity index (χ3n) is 7.77. The molecule has 0 radical (unpaired) electrons. The lowest BCUT2D eigenvalue weighted by molar-refractivity contribution is -0.122. The molecule has 1 amide bonds. The topological polar surface area (TPSA) is 72.6 Å². The molecule has 0 aliphatic carbocycles. The van der Waals surface area contributed by atoms with Gasteiger partial charge in [0, 0.05) is 51.9 Å². The Morgan fingerprint density at radius 1 is 1.02 bits per heavy atom. The predicted molar refractivity (Wildman–Crippen MR) is 168 cm³/mol. The van der Waals surface area contributed by atoms with E-state index in [9.17, 15) is 14.9 Å². The molecule has 0 bridgehead atoms. The summed E-state index contributed by atoms with van der Waals surface area (Å²) < 4.78 is 2.14. The number of carbonyl (C=O) groups is 1. The lowest BCUT2D eigenvalue weighted by Gasteiger charge is -2.37. The smallest absolute Gasteiger partial charge is 0.270 e. The van der Waals surface area contributed by atoms with Crippen molar-refractivity contribution >= 4 is 46.1 Å². The normalized spacial score (nSPS) is 17.2. The van der Waals surface area contributed by atoms with Crippen LogP contribution in [0, 0.1) is 18.3 Å². The van der Waals surface area contributed by atoms with Crippen LogP contribution in [0.4, 0.5) is 5.82 Å². The summed E-state index contributed by atoms with van der Waals surface area (Å²) in [5.74, 6) is 0.663. The highest BCUT2D eigenvalue weighted by atomic mass is 32.2. The van der Waals surface area contributed by atoms with Crippen LogP contribution in [-0.4, -0.2) is 57.3 Å². The molecule has 7 nitrogen and oxygen atoms in total. The highest BCUT2D eigenvalue weighted by Crippen LogP contribution is 2.36. The molecule has 1 aromatic heterocycles. The van der Waals surface area contributed by atoms with Crippen molar-refractivity contribution in [3.8, 4) is 6.07 Å². The summed E-state index contributed by atoms with van der Waals surface area (Å²) in [6, 6.07) is 12.5. The highest BCUT2D eigenvalue weighted by molar-refractivity contribution is 8.26. The molecule has 4 rings (SSSR count). The van der Waals surface area contributed by atoms with Crippen LogP contribution in [0.15, 0.2) is 40.0 Å². The molecule has 0 spiro atoms. The van der Waals surface area contributed by atoms with Crippen LogP contribution in [0.1, 0.15) is 67.7 Å². The SMILES string of the molecule is CCCCCCCCN1C(=O)C(=Cc2c(C)c(C#N)c(=O)n(C)c2N2CCN(Cc3ccccc3)CC2)SC1=S. The Balaban J connectivity index is 1.56. The Morgan fingerprint density at radius 3 is 2.38 bits per heavy atom. The minimum Gasteiger partial charge on any atom is -0.355 e. The van der Waals surface area contributed by atoms with E-state index in [1.54, 1.807) is 23.4 Å². The third kappa shape index (κ3) is 6.85. The average Bonchev–Trinajstić information content (AvgIpc) is 3.22. The van der Waals surface area contributed by atoms with Gasteiger partial charge in [-0.25, -0.2) is 0 Å². The summed E-state index contributed by atoms with van der Waals surface area (Å²) >= 11 is 6.90. The van der Waals surface area contributed by atoms with Crippen LogP contribution in [0.3, 0.4) is 0 Å². The maximum Gasteiger partial charge on any atom is 0.270 e. The number of amides is 1. The number of carbonyl (C=O) groups excluding carboxylic acids is 1. The molecule has 2 saturated heterocycles. The van der Waals surface area contributed by atoms with Crippen molar-refractivity contribution in [3.63, 3.8) is 0 Å². The van der Waals surface area contributed by atoms with Gasteiger partial charge in [0.05, 0.1) is 4.91 Å². The van der Waals surface area contributed by atoms with E-state index < -0.39 is 0 Å². The molecule has 2 aliphatic heterocycles. The number of pyridine rings is 1. The van der Waals surface area contributed by atoms with Crippen LogP contribution in [0.5, 0.6) is 0 Å². The van der Waals surface area contributed by atoms with E-state index in [0.29, 0.717) is 21.3 Å². The number of hydrogen-bond acceptors (Lipinski definition) is 7. The summed E-state index contributed by atoms with van der Waals surface area (Å²) in [6.07, 6.45) is 8.73. The molecule has 212 valence electrons. The molecule has 0 N–H and O–H groups in total. The van der Waals surface area contributed by atoms with Crippen molar-refractivity contribution in [3.05, 3.63) is 67.8 Å². The first kappa shape index (κ1) is 30.0. The van der Waals surface area contributed by atoms with Crippen LogP contribution >= 0.6 is 24.0 Å². The number of nitrogens with zero attached hydrogens (tertiary/aromatic N) is 5. The van der Waals surface area contributed by atoms with E-state index in [-0.39, 0.29) is 17.0 Å². The van der Waals surface area contributed by atoms with Crippen LogP contribution < -0.4 is 10.5 Å². The summed E-state index contributed by atoms with van der Waals surface area (Å²) in [4.78, 5) is 33.4. The highest BCUT2D eigenvalue weighted by Gasteiger charge is 2.33. The number of nitriles is 1. The number of piperazine rings is 1. The van der Waals surface area contributed by atoms with E-state index in [2.05, 4.69) is 47.1 Å². The number of hydrogen-bond donors (Lipinski definition) is 0. The van der Waals surface area contributed by atoms with Gasteiger partial charge in [-0.05, 0) is 30.5 Å². The van der Waals surface area contributed by atoms with E-state index in [0.717, 1.165) is 56.9 Å². The van der Waals surface area contributed by atoms with Gasteiger partial charge in [-0.3, -0.25) is 24.0 Å². The number of thiocarbonyl (C=S) groups is 1. The van der Waals surface area contributed by atoms with Gasteiger partial charge in [-0.1, -0.05) is 93.3 Å². The maximum absolute atomic E-state index is 13.4. The Hall–Kier alpha value is -2.93. The molecule has 2 aromatic rings. The number of unbranched alkanes of at least 4 members (excludes halogenated alkanes) is 5. The molecular weight excluding hydrogens is 539 g/mol. The first-order valence-corrected chi connectivity index (χ1v) is 15.5. The van der Waals surface area contributed by atoms with Crippen molar-refractivity contribution < 1.29 is 4.79 Å². The third-order valence-corrected chi connectivity index (χ3v) is 9.15. The second kappa shape index (κ2) is 14.1. The quantitative estimate of drug-likeness (QED) is 0.200. The fraction of sp³-hybridized carbons (Fsp3) is 0.484. The molecule has 0 saturated carbocycles. The molecule has 2 aliphatic rings. The van der Waals surface area contributed by atoms with Crippen molar-refractivity contribution in [1.82, 2.24) is 14.4 Å².